The molecule has 0 radical (unpaired) electrons. The highest BCUT2D eigenvalue weighted by molar-refractivity contribution is 5.87. The molecule has 1 N–H and O–H groups in total. The molecule has 28 heavy (non-hydrogen) atoms. The molecule has 1 saturated heterocycles. The van der Waals surface area contributed by atoms with E-state index in [2.05, 4.69) is 26.0 Å². The van der Waals surface area contributed by atoms with Crippen LogP contribution in [0.4, 0.5) is 5.82 Å². The first kappa shape index (κ1) is 18.4. The summed E-state index contributed by atoms with van der Waals surface area (Å²) in [7, 11) is 0. The Hall–Kier alpha value is -2.92. The molecule has 2 aromatic rings. The van der Waals surface area contributed by atoms with Crippen LogP contribution in [-0.4, -0.2) is 63.0 Å². The molecule has 8 nitrogen and oxygen atoms in total. The van der Waals surface area contributed by atoms with Crippen LogP contribution < -0.4 is 4.90 Å². The van der Waals surface area contributed by atoms with E-state index in [4.69, 9.17) is 0 Å². The number of rotatable bonds is 4. The molecule has 0 bridgehead atoms. The molecular weight excluding hydrogens is 356 g/mol. The van der Waals surface area contributed by atoms with Gasteiger partial charge in [0.1, 0.15) is 11.9 Å². The molecular formula is C20H24N6O2. The Morgan fingerprint density at radius 2 is 2.14 bits per heavy atom. The first-order valence-corrected chi connectivity index (χ1v) is 9.78. The Bertz CT molecular complexity index is 923. The van der Waals surface area contributed by atoms with Gasteiger partial charge in [0, 0.05) is 56.2 Å². The van der Waals surface area contributed by atoms with Crippen LogP contribution in [0.25, 0.3) is 0 Å². The minimum atomic E-state index is -0.937. The van der Waals surface area contributed by atoms with E-state index in [0.29, 0.717) is 18.2 Å². The van der Waals surface area contributed by atoms with E-state index in [-0.39, 0.29) is 5.69 Å². The second-order valence-electron chi connectivity index (χ2n) is 7.30. The minimum Gasteiger partial charge on any atom is -0.476 e. The van der Waals surface area contributed by atoms with E-state index in [1.807, 2.05) is 11.6 Å². The number of aromatic carboxylic acids is 1. The number of pyridine rings is 1. The molecule has 8 heteroatoms. The summed E-state index contributed by atoms with van der Waals surface area (Å²) in [6.07, 6.45) is 4.35. The Balaban J connectivity index is 1.46. The van der Waals surface area contributed by atoms with Gasteiger partial charge in [-0.25, -0.2) is 9.78 Å². The van der Waals surface area contributed by atoms with Gasteiger partial charge in [0.2, 0.25) is 0 Å². The fraction of sp³-hybridized carbons (Fsp3) is 0.500. The highest BCUT2D eigenvalue weighted by atomic mass is 16.4. The number of hydrogen-bond acceptors (Lipinski definition) is 6. The summed E-state index contributed by atoms with van der Waals surface area (Å²) in [4.78, 5) is 20.6. The molecule has 0 amide bonds. The molecule has 1 aliphatic heterocycles. The fourth-order valence-electron chi connectivity index (χ4n) is 4.45. The van der Waals surface area contributed by atoms with Gasteiger partial charge in [-0.3, -0.25) is 9.58 Å². The Morgan fingerprint density at radius 1 is 1.36 bits per heavy atom. The van der Waals surface area contributed by atoms with Crippen molar-refractivity contribution in [3.63, 3.8) is 0 Å². The molecule has 2 aliphatic rings. The zero-order valence-electron chi connectivity index (χ0n) is 16.0. The first-order chi connectivity index (χ1) is 13.6. The average Bonchev–Trinajstić information content (AvgIpc) is 3.12. The molecule has 1 aliphatic carbocycles. The summed E-state index contributed by atoms with van der Waals surface area (Å²) in [6.45, 7) is 6.09. The lowest BCUT2D eigenvalue weighted by Gasteiger charge is -2.41. The highest BCUT2D eigenvalue weighted by Crippen LogP contribution is 2.29. The van der Waals surface area contributed by atoms with Crippen LogP contribution >= 0.6 is 0 Å². The van der Waals surface area contributed by atoms with E-state index in [1.165, 1.54) is 0 Å². The number of piperazine rings is 1. The quantitative estimate of drug-likeness (QED) is 0.859. The fourth-order valence-corrected chi connectivity index (χ4v) is 4.45. The second kappa shape index (κ2) is 7.60. The van der Waals surface area contributed by atoms with Gasteiger partial charge in [0.05, 0.1) is 5.56 Å². The van der Waals surface area contributed by atoms with Crippen LogP contribution in [0.5, 0.6) is 0 Å². The van der Waals surface area contributed by atoms with Crippen LogP contribution in [0.15, 0.2) is 18.3 Å². The van der Waals surface area contributed by atoms with Gasteiger partial charge < -0.3 is 10.0 Å². The van der Waals surface area contributed by atoms with Crippen LogP contribution in [-0.2, 0) is 19.4 Å². The SMILES string of the molecule is CCn1nc(C(=O)O)c2c1CC[C@@H](N1CCN(c3ncccc3C#N)CC1)C2. The number of carboxylic acid groups (broad SMARTS) is 1. The maximum absolute atomic E-state index is 11.6. The van der Waals surface area contributed by atoms with Crippen molar-refractivity contribution in [2.45, 2.75) is 38.8 Å². The standard InChI is InChI=1S/C20H24N6O2/c1-2-26-17-6-5-15(12-16(17)18(23-26)20(27)28)24-8-10-25(11-9-24)19-14(13-21)4-3-7-22-19/h3-4,7,15H,2,5-6,8-12H2,1H3,(H,27,28)/t15-/m1/s1. The van der Waals surface area contributed by atoms with E-state index in [9.17, 15) is 15.2 Å². The summed E-state index contributed by atoms with van der Waals surface area (Å²) >= 11 is 0. The summed E-state index contributed by atoms with van der Waals surface area (Å²) in [5.74, 6) is -0.180. The van der Waals surface area contributed by atoms with Crippen LogP contribution in [0.3, 0.4) is 0 Å². The Morgan fingerprint density at radius 3 is 2.82 bits per heavy atom. The van der Waals surface area contributed by atoms with Gasteiger partial charge >= 0.3 is 5.97 Å². The van der Waals surface area contributed by atoms with Gasteiger partial charge in [-0.2, -0.15) is 10.4 Å². The topological polar surface area (TPSA) is 98.3 Å². The number of anilines is 1. The van der Waals surface area contributed by atoms with Crippen molar-refractivity contribution < 1.29 is 9.90 Å². The molecule has 3 heterocycles. The lowest BCUT2D eigenvalue weighted by atomic mass is 9.90. The number of fused-ring (bicyclic) bond motifs is 1. The number of nitrogens with zero attached hydrogens (tertiary/aromatic N) is 6. The van der Waals surface area contributed by atoms with Gasteiger partial charge in [0.15, 0.2) is 5.69 Å². The Labute approximate surface area is 164 Å². The molecule has 1 atom stereocenters. The van der Waals surface area contributed by atoms with Crippen molar-refractivity contribution in [3.8, 4) is 6.07 Å². The predicted molar refractivity (Wildman–Crippen MR) is 103 cm³/mol. The molecule has 0 aromatic carbocycles. The second-order valence-corrected chi connectivity index (χ2v) is 7.30. The zero-order valence-corrected chi connectivity index (χ0v) is 16.0. The van der Waals surface area contributed by atoms with Gasteiger partial charge in [-0.05, 0) is 38.3 Å². The van der Waals surface area contributed by atoms with Crippen molar-refractivity contribution in [2.24, 2.45) is 0 Å². The van der Waals surface area contributed by atoms with Gasteiger partial charge in [-0.1, -0.05) is 0 Å². The lowest BCUT2D eigenvalue weighted by molar-refractivity contribution is 0.0687. The third-order valence-corrected chi connectivity index (χ3v) is 5.86. The maximum Gasteiger partial charge on any atom is 0.356 e. The van der Waals surface area contributed by atoms with Gasteiger partial charge in [-0.15, -0.1) is 0 Å². The van der Waals surface area contributed by atoms with Crippen LogP contribution in [0.2, 0.25) is 0 Å². The minimum absolute atomic E-state index is 0.215. The molecule has 0 unspecified atom stereocenters. The number of nitriles is 1. The Kier molecular flexibility index (Phi) is 5.01. The molecule has 2 aromatic heterocycles. The molecule has 0 saturated carbocycles. The van der Waals surface area contributed by atoms with Crippen molar-refractivity contribution >= 4 is 11.8 Å². The molecule has 4 rings (SSSR count). The van der Waals surface area contributed by atoms with E-state index in [0.717, 1.165) is 62.5 Å². The number of hydrogen-bond donors (Lipinski definition) is 1. The van der Waals surface area contributed by atoms with Crippen molar-refractivity contribution in [2.75, 3.05) is 31.1 Å². The summed E-state index contributed by atoms with van der Waals surface area (Å²) < 4.78 is 1.84. The normalized spacial score (nSPS) is 19.9. The van der Waals surface area contributed by atoms with E-state index >= 15 is 0 Å². The average molecular weight is 380 g/mol. The predicted octanol–water partition coefficient (Wildman–Crippen LogP) is 1.55. The zero-order chi connectivity index (χ0) is 19.7. The largest absolute Gasteiger partial charge is 0.476 e. The van der Waals surface area contributed by atoms with Crippen molar-refractivity contribution in [3.05, 3.63) is 40.8 Å². The lowest BCUT2D eigenvalue weighted by Crippen LogP contribution is -2.52. The molecule has 1 fully saturated rings. The highest BCUT2D eigenvalue weighted by Gasteiger charge is 2.33. The monoisotopic (exact) mass is 380 g/mol. The summed E-state index contributed by atoms with van der Waals surface area (Å²) in [6, 6.07) is 6.14. The van der Waals surface area contributed by atoms with Gasteiger partial charge in [0.25, 0.3) is 0 Å². The number of aryl methyl sites for hydroxylation is 1. The third-order valence-electron chi connectivity index (χ3n) is 5.86. The van der Waals surface area contributed by atoms with Crippen molar-refractivity contribution in [1.82, 2.24) is 19.7 Å². The molecule has 146 valence electrons. The van der Waals surface area contributed by atoms with E-state index < -0.39 is 5.97 Å². The maximum atomic E-state index is 11.6. The smallest absolute Gasteiger partial charge is 0.356 e. The first-order valence-electron chi connectivity index (χ1n) is 9.78. The number of aromatic nitrogens is 3. The van der Waals surface area contributed by atoms with Crippen LogP contribution in [0, 0.1) is 11.3 Å². The summed E-state index contributed by atoms with van der Waals surface area (Å²) in [5.41, 5.74) is 2.81. The van der Waals surface area contributed by atoms with Crippen LogP contribution in [0.1, 0.15) is 40.7 Å². The molecule has 0 spiro atoms. The number of carboxylic acids is 1. The third kappa shape index (κ3) is 3.22. The van der Waals surface area contributed by atoms with E-state index in [1.54, 1.807) is 18.3 Å². The number of carbonyl (C=O) groups is 1. The van der Waals surface area contributed by atoms with Crippen molar-refractivity contribution in [1.29, 1.82) is 5.26 Å². The summed E-state index contributed by atoms with van der Waals surface area (Å²) in [5, 5.41) is 23.1.